The number of benzene rings is 1. The minimum absolute atomic E-state index is 0.149. The number of carbonyl (C=O) groups is 1. The van der Waals surface area contributed by atoms with Gasteiger partial charge in [0.1, 0.15) is 17.0 Å². The molecule has 0 spiro atoms. The predicted molar refractivity (Wildman–Crippen MR) is 195 cm³/mol. The Bertz CT molecular complexity index is 1740. The first-order valence-corrected chi connectivity index (χ1v) is 18.1. The molecule has 4 fully saturated rings. The lowest BCUT2D eigenvalue weighted by molar-refractivity contribution is -0.0848. The maximum atomic E-state index is 12.4. The summed E-state index contributed by atoms with van der Waals surface area (Å²) in [6, 6.07) is 14.7. The van der Waals surface area contributed by atoms with Gasteiger partial charge in [-0.05, 0) is 95.5 Å². The lowest BCUT2D eigenvalue weighted by Crippen LogP contribution is -2.54. The fourth-order valence-corrected chi connectivity index (χ4v) is 7.62. The van der Waals surface area contributed by atoms with Crippen molar-refractivity contribution in [3.8, 4) is 28.8 Å². The van der Waals surface area contributed by atoms with Crippen LogP contribution in [-0.4, -0.2) is 96.1 Å². The van der Waals surface area contributed by atoms with E-state index in [0.717, 1.165) is 68.6 Å². The van der Waals surface area contributed by atoms with Crippen LogP contribution in [0.3, 0.4) is 0 Å². The molecule has 2 unspecified atom stereocenters. The normalized spacial score (nSPS) is 23.3. The molecule has 0 radical (unpaired) electrons. The number of amides is 1. The third-order valence-electron chi connectivity index (χ3n) is 10.1. The number of carbonyl (C=O) groups excluding carboxylic acids is 1. The fraction of sp³-hybridized carbons (Fsp3) is 0.538. The van der Waals surface area contributed by atoms with E-state index in [1.165, 1.54) is 5.69 Å². The molecule has 1 aromatic carbocycles. The highest BCUT2D eigenvalue weighted by Gasteiger charge is 2.41. The van der Waals surface area contributed by atoms with Crippen LogP contribution in [0.2, 0.25) is 0 Å². The van der Waals surface area contributed by atoms with Crippen LogP contribution in [0.15, 0.2) is 48.7 Å². The van der Waals surface area contributed by atoms with E-state index in [0.29, 0.717) is 48.4 Å². The van der Waals surface area contributed by atoms with Crippen molar-refractivity contribution in [2.45, 2.75) is 89.2 Å². The van der Waals surface area contributed by atoms with Crippen LogP contribution in [0, 0.1) is 17.8 Å². The van der Waals surface area contributed by atoms with Crippen molar-refractivity contribution in [3.05, 3.63) is 54.4 Å². The summed E-state index contributed by atoms with van der Waals surface area (Å²) >= 11 is 0. The van der Waals surface area contributed by atoms with Gasteiger partial charge < -0.3 is 39.4 Å². The van der Waals surface area contributed by atoms with Crippen molar-refractivity contribution in [2.24, 2.45) is 5.92 Å². The Kier molecular flexibility index (Phi) is 10.2. The molecule has 1 aliphatic carbocycles. The van der Waals surface area contributed by atoms with Gasteiger partial charge in [-0.2, -0.15) is 0 Å². The van der Waals surface area contributed by atoms with Gasteiger partial charge >= 0.3 is 6.09 Å². The Morgan fingerprint density at radius 1 is 0.980 bits per heavy atom. The molecule has 12 heteroatoms. The Labute approximate surface area is 300 Å². The Morgan fingerprint density at radius 2 is 1.73 bits per heavy atom. The molecule has 2 aromatic heterocycles. The number of methoxy groups -OCH3 is 1. The molecule has 2 atom stereocenters. The SMILES string of the molecule is COCOc1ccccc1-c1cc(N2CC3CCC(C2)N3c2ccnc(C#CC3CC(OC4CCN(C(=O)OC(C)(C)C)CC4)C3)c2)c(N)nn1. The number of piperidine rings is 1. The molecule has 3 aliphatic heterocycles. The zero-order chi connectivity index (χ0) is 35.5. The largest absolute Gasteiger partial charge is 0.467 e. The van der Waals surface area contributed by atoms with Crippen LogP contribution in [0.1, 0.15) is 65.0 Å². The van der Waals surface area contributed by atoms with Crippen molar-refractivity contribution in [1.82, 2.24) is 20.1 Å². The third-order valence-corrected chi connectivity index (χ3v) is 10.1. The number of hydrogen-bond donors (Lipinski definition) is 1. The van der Waals surface area contributed by atoms with Gasteiger partial charge in [0.25, 0.3) is 0 Å². The van der Waals surface area contributed by atoms with Crippen LogP contribution in [0.25, 0.3) is 11.3 Å². The maximum Gasteiger partial charge on any atom is 0.410 e. The highest BCUT2D eigenvalue weighted by atomic mass is 16.7. The highest BCUT2D eigenvalue weighted by molar-refractivity contribution is 5.75. The summed E-state index contributed by atoms with van der Waals surface area (Å²) < 4.78 is 22.8. The monoisotopic (exact) mass is 695 g/mol. The summed E-state index contributed by atoms with van der Waals surface area (Å²) in [6.45, 7) is 8.85. The molecule has 5 heterocycles. The number of piperazine rings is 1. The van der Waals surface area contributed by atoms with Crippen molar-refractivity contribution < 1.29 is 23.7 Å². The molecule has 1 saturated carbocycles. The first kappa shape index (κ1) is 34.8. The van der Waals surface area contributed by atoms with Crippen LogP contribution in [-0.2, 0) is 14.2 Å². The molecule has 270 valence electrons. The molecule has 7 rings (SSSR count). The van der Waals surface area contributed by atoms with Crippen LogP contribution in [0.4, 0.5) is 22.0 Å². The van der Waals surface area contributed by atoms with E-state index in [9.17, 15) is 4.79 Å². The second-order valence-corrected chi connectivity index (χ2v) is 15.0. The molecule has 2 bridgehead atoms. The Morgan fingerprint density at radius 3 is 2.45 bits per heavy atom. The number of pyridine rings is 1. The highest BCUT2D eigenvalue weighted by Crippen LogP contribution is 2.39. The van der Waals surface area contributed by atoms with Gasteiger partial charge in [-0.3, -0.25) is 0 Å². The standard InChI is InChI=1S/C39H49N7O5/c1-39(2,3)51-38(47)44-17-14-31(15-18-44)50-32-19-26(20-32)9-10-27-21-28(13-16-41-27)46-29-11-12-30(46)24-45(23-29)35-22-34(42-43-37(35)40)33-7-5-6-8-36(33)49-25-48-4/h5-8,13,16,21-22,26,29-32H,11-12,14-15,17-20,23-25H2,1-4H3,(H2,40,43). The van der Waals surface area contributed by atoms with Crippen LogP contribution >= 0.6 is 0 Å². The summed E-state index contributed by atoms with van der Waals surface area (Å²) in [7, 11) is 1.60. The molecule has 3 aromatic rings. The molecule has 3 saturated heterocycles. The molecule has 51 heavy (non-hydrogen) atoms. The van der Waals surface area contributed by atoms with Crippen molar-refractivity contribution in [2.75, 3.05) is 55.6 Å². The van der Waals surface area contributed by atoms with Crippen LogP contribution in [0.5, 0.6) is 5.75 Å². The summed E-state index contributed by atoms with van der Waals surface area (Å²) in [5.41, 5.74) is 10.4. The number of nitrogens with zero attached hydrogens (tertiary/aromatic N) is 6. The Hall–Kier alpha value is -4.60. The molecule has 12 nitrogen and oxygen atoms in total. The summed E-state index contributed by atoms with van der Waals surface area (Å²) in [5, 5.41) is 8.76. The topological polar surface area (TPSA) is 128 Å². The van der Waals surface area contributed by atoms with Gasteiger partial charge in [0, 0.05) is 68.7 Å². The number of likely N-dealkylation sites (tertiary alicyclic amines) is 1. The first-order valence-electron chi connectivity index (χ1n) is 18.1. The van der Waals surface area contributed by atoms with Gasteiger partial charge in [0.2, 0.25) is 0 Å². The number of nitrogens with two attached hydrogens (primary N) is 1. The first-order chi connectivity index (χ1) is 24.6. The quantitative estimate of drug-likeness (QED) is 0.237. The summed E-state index contributed by atoms with van der Waals surface area (Å²) in [4.78, 5) is 23.7. The molecule has 2 N–H and O–H groups in total. The van der Waals surface area contributed by atoms with Crippen molar-refractivity contribution in [1.29, 1.82) is 0 Å². The van der Waals surface area contributed by atoms with E-state index in [-0.39, 0.29) is 25.1 Å². The summed E-state index contributed by atoms with van der Waals surface area (Å²) in [6.07, 6.45) is 7.81. The minimum Gasteiger partial charge on any atom is -0.467 e. The smallest absolute Gasteiger partial charge is 0.410 e. The number of rotatable bonds is 8. The maximum absolute atomic E-state index is 12.4. The lowest BCUT2D eigenvalue weighted by atomic mass is 9.82. The van der Waals surface area contributed by atoms with Crippen LogP contribution < -0.4 is 20.3 Å². The average molecular weight is 696 g/mol. The van der Waals surface area contributed by atoms with E-state index >= 15 is 0 Å². The Balaban J connectivity index is 0.932. The molecular formula is C39H49N7O5. The van der Waals surface area contributed by atoms with E-state index in [2.05, 4.69) is 49.0 Å². The van der Waals surface area contributed by atoms with E-state index in [4.69, 9.17) is 24.7 Å². The minimum atomic E-state index is -0.478. The molecule has 1 amide bonds. The average Bonchev–Trinajstić information content (AvgIpc) is 3.37. The molecule has 4 aliphatic rings. The number of ether oxygens (including phenoxy) is 4. The van der Waals surface area contributed by atoms with Gasteiger partial charge in [-0.15, -0.1) is 10.2 Å². The number of anilines is 3. The molecular weight excluding hydrogens is 646 g/mol. The van der Waals surface area contributed by atoms with Gasteiger partial charge in [-0.25, -0.2) is 9.78 Å². The second-order valence-electron chi connectivity index (χ2n) is 15.0. The number of aromatic nitrogens is 3. The van der Waals surface area contributed by atoms with E-state index < -0.39 is 5.60 Å². The number of nitrogen functional groups attached to an aromatic ring is 1. The third kappa shape index (κ3) is 8.16. The van der Waals surface area contributed by atoms with Crippen molar-refractivity contribution >= 4 is 23.3 Å². The number of fused-ring (bicyclic) bond motifs is 2. The number of para-hydroxylation sites is 1. The summed E-state index contributed by atoms with van der Waals surface area (Å²) in [5.74, 6) is 8.23. The zero-order valence-electron chi connectivity index (χ0n) is 30.1. The zero-order valence-corrected chi connectivity index (χ0v) is 30.1. The number of hydrogen-bond acceptors (Lipinski definition) is 11. The predicted octanol–water partition coefficient (Wildman–Crippen LogP) is 5.51. The van der Waals surface area contributed by atoms with E-state index in [1.54, 1.807) is 12.0 Å². The lowest BCUT2D eigenvalue weighted by Gasteiger charge is -2.43. The fourth-order valence-electron chi connectivity index (χ4n) is 7.62. The van der Waals surface area contributed by atoms with Gasteiger partial charge in [0.05, 0.1) is 23.6 Å². The van der Waals surface area contributed by atoms with E-state index in [1.807, 2.05) is 57.3 Å². The van der Waals surface area contributed by atoms with Gasteiger partial charge in [0.15, 0.2) is 12.6 Å². The van der Waals surface area contributed by atoms with Crippen molar-refractivity contribution in [3.63, 3.8) is 0 Å². The second kappa shape index (κ2) is 14.9. The van der Waals surface area contributed by atoms with Gasteiger partial charge in [-0.1, -0.05) is 18.1 Å².